The van der Waals surface area contributed by atoms with Gasteiger partial charge in [0.05, 0.1) is 0 Å². The van der Waals surface area contributed by atoms with Gasteiger partial charge >= 0.3 is 12.2 Å². The summed E-state index contributed by atoms with van der Waals surface area (Å²) in [5.41, 5.74) is 5.22. The van der Waals surface area contributed by atoms with E-state index in [0.717, 1.165) is 12.1 Å². The van der Waals surface area contributed by atoms with Crippen LogP contribution >= 0.6 is 0 Å². The molecule has 0 fully saturated rings. The van der Waals surface area contributed by atoms with Crippen molar-refractivity contribution in [1.82, 2.24) is 0 Å². The van der Waals surface area contributed by atoms with E-state index in [0.29, 0.717) is 0 Å². The highest BCUT2D eigenvalue weighted by atomic mass is 19.3. The van der Waals surface area contributed by atoms with Gasteiger partial charge in [-0.1, -0.05) is 0 Å². The molecule has 1 aliphatic heterocycles. The van der Waals surface area contributed by atoms with Gasteiger partial charge in [-0.05, 0) is 24.7 Å². The highest BCUT2D eigenvalue weighted by Gasteiger charge is 2.65. The lowest BCUT2D eigenvalue weighted by Gasteiger charge is -2.31. The lowest BCUT2D eigenvalue weighted by atomic mass is 10.1. The van der Waals surface area contributed by atoms with Crippen LogP contribution in [0.1, 0.15) is 16.8 Å². The Labute approximate surface area is 105 Å². The number of Topliss-reactive ketones (excluding diaryl/α,β-unsaturated/α-hetero) is 1. The number of ether oxygens (including phenoxy) is 2. The Bertz CT molecular complexity index is 519. The second-order valence-electron chi connectivity index (χ2n) is 3.86. The number of ketones is 1. The first-order valence-corrected chi connectivity index (χ1v) is 5.28. The third kappa shape index (κ3) is 2.35. The van der Waals surface area contributed by atoms with Gasteiger partial charge in [0.25, 0.3) is 0 Å². The Morgan fingerprint density at radius 2 is 1.68 bits per heavy atom. The van der Waals surface area contributed by atoms with Gasteiger partial charge in [0, 0.05) is 12.0 Å². The van der Waals surface area contributed by atoms with E-state index in [2.05, 4.69) is 9.47 Å². The molecule has 0 amide bonds. The van der Waals surface area contributed by atoms with Crippen molar-refractivity contribution in [2.24, 2.45) is 5.73 Å². The van der Waals surface area contributed by atoms with Gasteiger partial charge in [0.2, 0.25) is 0 Å². The minimum atomic E-state index is -4.80. The van der Waals surface area contributed by atoms with Gasteiger partial charge in [-0.25, -0.2) is 0 Å². The molecule has 1 aromatic carbocycles. The number of alkyl halides is 4. The van der Waals surface area contributed by atoms with Crippen molar-refractivity contribution in [3.05, 3.63) is 23.8 Å². The van der Waals surface area contributed by atoms with E-state index in [1.165, 1.54) is 6.07 Å². The molecule has 4 nitrogen and oxygen atoms in total. The topological polar surface area (TPSA) is 61.6 Å². The minimum absolute atomic E-state index is 0.00615. The van der Waals surface area contributed by atoms with E-state index in [1.54, 1.807) is 0 Å². The van der Waals surface area contributed by atoms with Gasteiger partial charge in [0.1, 0.15) is 0 Å². The molecule has 0 saturated carbocycles. The second-order valence-corrected chi connectivity index (χ2v) is 3.86. The molecule has 2 rings (SSSR count). The Hall–Kier alpha value is -1.83. The molecule has 8 heteroatoms. The molecule has 0 bridgehead atoms. The van der Waals surface area contributed by atoms with E-state index in [-0.39, 0.29) is 18.5 Å². The predicted molar refractivity (Wildman–Crippen MR) is 55.6 cm³/mol. The highest BCUT2D eigenvalue weighted by Crippen LogP contribution is 2.47. The Kier molecular flexibility index (Phi) is 3.13. The summed E-state index contributed by atoms with van der Waals surface area (Å²) < 4.78 is 59.4. The fraction of sp³-hybridized carbons (Fsp3) is 0.364. The van der Waals surface area contributed by atoms with Gasteiger partial charge in [0.15, 0.2) is 17.3 Å². The van der Waals surface area contributed by atoms with Crippen molar-refractivity contribution in [3.63, 3.8) is 0 Å². The van der Waals surface area contributed by atoms with Crippen LogP contribution in [0.4, 0.5) is 17.6 Å². The number of nitrogens with two attached hydrogens (primary N) is 1. The number of carbonyl (C=O) groups is 1. The van der Waals surface area contributed by atoms with Crippen molar-refractivity contribution in [2.45, 2.75) is 18.6 Å². The molecule has 0 spiro atoms. The Balaban J connectivity index is 2.35. The lowest BCUT2D eigenvalue weighted by Crippen LogP contribution is -2.52. The Morgan fingerprint density at radius 1 is 1.11 bits per heavy atom. The quantitative estimate of drug-likeness (QED) is 0.680. The minimum Gasteiger partial charge on any atom is -0.421 e. The van der Waals surface area contributed by atoms with E-state index in [9.17, 15) is 22.4 Å². The van der Waals surface area contributed by atoms with Crippen LogP contribution in [0.25, 0.3) is 0 Å². The summed E-state index contributed by atoms with van der Waals surface area (Å²) in [5.74, 6) is -1.58. The lowest BCUT2D eigenvalue weighted by molar-refractivity contribution is -0.391. The second kappa shape index (κ2) is 4.37. The van der Waals surface area contributed by atoms with Crippen molar-refractivity contribution in [2.75, 3.05) is 6.54 Å². The zero-order chi connectivity index (χ0) is 14.3. The first-order valence-electron chi connectivity index (χ1n) is 5.28. The zero-order valence-electron chi connectivity index (χ0n) is 9.46. The molecular formula is C11H9F4NO3. The predicted octanol–water partition coefficient (Wildman–Crippen LogP) is 2.17. The molecular weight excluding hydrogens is 270 g/mol. The molecule has 19 heavy (non-hydrogen) atoms. The van der Waals surface area contributed by atoms with Crippen molar-refractivity contribution in [3.8, 4) is 11.5 Å². The van der Waals surface area contributed by atoms with Crippen LogP contribution in [0.3, 0.4) is 0 Å². The van der Waals surface area contributed by atoms with E-state index in [4.69, 9.17) is 5.73 Å². The maximum atomic E-state index is 12.9. The van der Waals surface area contributed by atoms with Crippen molar-refractivity contribution in [1.29, 1.82) is 0 Å². The summed E-state index contributed by atoms with van der Waals surface area (Å²) in [4.78, 5) is 11.5. The number of benzene rings is 1. The van der Waals surface area contributed by atoms with Crippen LogP contribution in [0, 0.1) is 0 Å². The molecule has 0 radical (unpaired) electrons. The van der Waals surface area contributed by atoms with Gasteiger partial charge < -0.3 is 15.2 Å². The smallest absolute Gasteiger partial charge is 0.421 e. The van der Waals surface area contributed by atoms with Gasteiger partial charge in [-0.2, -0.15) is 17.6 Å². The summed E-state index contributed by atoms with van der Waals surface area (Å²) in [6, 6.07) is 3.08. The molecule has 0 saturated heterocycles. The monoisotopic (exact) mass is 279 g/mol. The number of halogens is 4. The standard InChI is InChI=1S/C11H9F4NO3/c12-10(13)11(14,15)19-9-5-6(7(17)3-4-16)1-2-8(9)18-10/h1-2,5H,3-4,16H2. The van der Waals surface area contributed by atoms with Crippen molar-refractivity contribution >= 4 is 5.78 Å². The van der Waals surface area contributed by atoms with Crippen LogP contribution in [0.15, 0.2) is 18.2 Å². The largest absolute Gasteiger partial charge is 0.507 e. The third-order valence-electron chi connectivity index (χ3n) is 2.45. The number of hydrogen-bond acceptors (Lipinski definition) is 4. The summed E-state index contributed by atoms with van der Waals surface area (Å²) in [5, 5.41) is 0. The number of rotatable bonds is 3. The maximum absolute atomic E-state index is 12.9. The van der Waals surface area contributed by atoms with E-state index in [1.807, 2.05) is 0 Å². The van der Waals surface area contributed by atoms with Crippen LogP contribution in [0.5, 0.6) is 11.5 Å². The molecule has 0 aliphatic carbocycles. The molecule has 104 valence electrons. The van der Waals surface area contributed by atoms with Crippen LogP contribution in [-0.4, -0.2) is 24.5 Å². The maximum Gasteiger partial charge on any atom is 0.507 e. The molecule has 1 heterocycles. The number of carbonyl (C=O) groups excluding carboxylic acids is 1. The summed E-state index contributed by atoms with van der Waals surface area (Å²) in [7, 11) is 0. The number of fused-ring (bicyclic) bond motifs is 1. The first kappa shape index (κ1) is 13.6. The van der Waals surface area contributed by atoms with Gasteiger partial charge in [-0.15, -0.1) is 0 Å². The van der Waals surface area contributed by atoms with Crippen LogP contribution < -0.4 is 15.2 Å². The first-order chi connectivity index (χ1) is 8.77. The zero-order valence-corrected chi connectivity index (χ0v) is 9.46. The SMILES string of the molecule is NCCC(=O)c1ccc2c(c1)OC(F)(F)C(F)(F)O2. The van der Waals surface area contributed by atoms with Crippen LogP contribution in [-0.2, 0) is 0 Å². The van der Waals surface area contributed by atoms with Gasteiger partial charge in [-0.3, -0.25) is 4.79 Å². The summed E-state index contributed by atoms with van der Waals surface area (Å²) >= 11 is 0. The fourth-order valence-corrected chi connectivity index (χ4v) is 1.52. The fourth-order valence-electron chi connectivity index (χ4n) is 1.52. The molecule has 0 atom stereocenters. The van der Waals surface area contributed by atoms with E-state index >= 15 is 0 Å². The molecule has 2 N–H and O–H groups in total. The molecule has 1 aliphatic rings. The van der Waals surface area contributed by atoms with Crippen molar-refractivity contribution < 1.29 is 31.8 Å². The van der Waals surface area contributed by atoms with Crippen LogP contribution in [0.2, 0.25) is 0 Å². The molecule has 1 aromatic rings. The normalized spacial score (nSPS) is 19.0. The van der Waals surface area contributed by atoms with E-state index < -0.39 is 29.5 Å². The average molecular weight is 279 g/mol. The summed E-state index contributed by atoms with van der Waals surface area (Å²) in [6.45, 7) is 0.0848. The number of hydrogen-bond donors (Lipinski definition) is 1. The molecule has 0 unspecified atom stereocenters. The highest BCUT2D eigenvalue weighted by molar-refractivity contribution is 5.96. The third-order valence-corrected chi connectivity index (χ3v) is 2.45. The summed E-state index contributed by atoms with van der Waals surface area (Å²) in [6.07, 6.45) is -9.55. The average Bonchev–Trinajstić information content (AvgIpc) is 2.29. The Morgan fingerprint density at radius 3 is 2.26 bits per heavy atom. The molecule has 0 aromatic heterocycles.